The average molecular weight is 265 g/mol. The predicted molar refractivity (Wildman–Crippen MR) is 68.8 cm³/mol. The number of carbonyl (C=O) groups excluding carboxylic acids is 1. The first-order chi connectivity index (χ1) is 8.94. The molecule has 6 nitrogen and oxygen atoms in total. The Morgan fingerprint density at radius 1 is 1.47 bits per heavy atom. The molecule has 0 radical (unpaired) electrons. The van der Waals surface area contributed by atoms with E-state index in [0.717, 1.165) is 18.5 Å². The van der Waals surface area contributed by atoms with Gasteiger partial charge in [0.2, 0.25) is 0 Å². The number of carbonyl (C=O) groups is 2. The van der Waals surface area contributed by atoms with Gasteiger partial charge >= 0.3 is 5.97 Å². The molecule has 0 unspecified atom stereocenters. The maximum Gasteiger partial charge on any atom is 0.311 e. The summed E-state index contributed by atoms with van der Waals surface area (Å²) in [6, 6.07) is 1.69. The van der Waals surface area contributed by atoms with Crippen LogP contribution < -0.4 is 5.32 Å². The molecule has 1 fully saturated rings. The lowest BCUT2D eigenvalue weighted by molar-refractivity contribution is -0.148. The van der Waals surface area contributed by atoms with Crippen LogP contribution in [0.4, 0.5) is 0 Å². The summed E-state index contributed by atoms with van der Waals surface area (Å²) in [5.41, 5.74) is 0.432. The van der Waals surface area contributed by atoms with Crippen molar-refractivity contribution in [2.75, 3.05) is 6.54 Å². The van der Waals surface area contributed by atoms with Gasteiger partial charge in [-0.1, -0.05) is 12.8 Å². The summed E-state index contributed by atoms with van der Waals surface area (Å²) < 4.78 is 1.51. The van der Waals surface area contributed by atoms with E-state index in [2.05, 4.69) is 10.4 Å². The van der Waals surface area contributed by atoms with E-state index in [4.69, 9.17) is 0 Å². The van der Waals surface area contributed by atoms with Crippen molar-refractivity contribution in [1.29, 1.82) is 0 Å². The average Bonchev–Trinajstić information content (AvgIpc) is 2.94. The van der Waals surface area contributed by atoms with Gasteiger partial charge in [0.1, 0.15) is 5.69 Å². The minimum atomic E-state index is -0.813. The largest absolute Gasteiger partial charge is 0.481 e. The van der Waals surface area contributed by atoms with Crippen molar-refractivity contribution in [3.63, 3.8) is 0 Å². The van der Waals surface area contributed by atoms with Crippen molar-refractivity contribution in [3.05, 3.63) is 17.5 Å². The number of nitrogens with zero attached hydrogens (tertiary/aromatic N) is 2. The van der Waals surface area contributed by atoms with Gasteiger partial charge in [-0.05, 0) is 25.8 Å². The monoisotopic (exact) mass is 265 g/mol. The highest BCUT2D eigenvalue weighted by atomic mass is 16.4. The molecule has 1 saturated carbocycles. The molecule has 1 heterocycles. The maximum atomic E-state index is 12.0. The summed E-state index contributed by atoms with van der Waals surface area (Å²) in [6.07, 6.45) is 3.08. The van der Waals surface area contributed by atoms with E-state index in [9.17, 15) is 14.7 Å². The second-order valence-corrected chi connectivity index (χ2v) is 5.27. The lowest BCUT2D eigenvalue weighted by atomic mass is 9.86. The van der Waals surface area contributed by atoms with E-state index in [1.807, 2.05) is 6.92 Å². The number of nitrogens with one attached hydrogen (secondary N) is 1. The SMILES string of the molecule is Cc1cc(C(=O)NCC2(C(=O)O)CCCC2)n(C)n1. The van der Waals surface area contributed by atoms with Crippen LogP contribution in [0.3, 0.4) is 0 Å². The Hall–Kier alpha value is -1.85. The fourth-order valence-electron chi connectivity index (χ4n) is 2.68. The van der Waals surface area contributed by atoms with Gasteiger partial charge in [-0.3, -0.25) is 14.3 Å². The zero-order chi connectivity index (χ0) is 14.0. The van der Waals surface area contributed by atoms with Crippen LogP contribution in [0.25, 0.3) is 0 Å². The first-order valence-corrected chi connectivity index (χ1v) is 6.47. The molecule has 6 heteroatoms. The first-order valence-electron chi connectivity index (χ1n) is 6.47. The molecule has 1 aliphatic rings. The molecular weight excluding hydrogens is 246 g/mol. The Labute approximate surface area is 111 Å². The third-order valence-corrected chi connectivity index (χ3v) is 3.84. The van der Waals surface area contributed by atoms with Gasteiger partial charge < -0.3 is 10.4 Å². The number of rotatable bonds is 4. The summed E-state index contributed by atoms with van der Waals surface area (Å²) >= 11 is 0. The Morgan fingerprint density at radius 3 is 2.58 bits per heavy atom. The van der Waals surface area contributed by atoms with Crippen molar-refractivity contribution in [2.24, 2.45) is 12.5 Å². The molecule has 0 atom stereocenters. The molecule has 19 heavy (non-hydrogen) atoms. The summed E-state index contributed by atoms with van der Waals surface area (Å²) in [7, 11) is 1.70. The number of hydrogen-bond donors (Lipinski definition) is 2. The molecular formula is C13H19N3O3. The van der Waals surface area contributed by atoms with Crippen molar-refractivity contribution in [2.45, 2.75) is 32.6 Å². The topological polar surface area (TPSA) is 84.2 Å². The van der Waals surface area contributed by atoms with Gasteiger partial charge in [0, 0.05) is 13.6 Å². The number of aliphatic carboxylic acids is 1. The lowest BCUT2D eigenvalue weighted by Gasteiger charge is -2.23. The summed E-state index contributed by atoms with van der Waals surface area (Å²) in [4.78, 5) is 23.4. The minimum Gasteiger partial charge on any atom is -0.481 e. The molecule has 1 aromatic heterocycles. The minimum absolute atomic E-state index is 0.186. The van der Waals surface area contributed by atoms with Crippen LogP contribution in [0, 0.1) is 12.3 Å². The highest BCUT2D eigenvalue weighted by Crippen LogP contribution is 2.37. The maximum absolute atomic E-state index is 12.0. The quantitative estimate of drug-likeness (QED) is 0.854. The summed E-state index contributed by atoms with van der Waals surface area (Å²) in [5.74, 6) is -1.08. The van der Waals surface area contributed by atoms with Crippen LogP contribution in [-0.2, 0) is 11.8 Å². The number of amides is 1. The van der Waals surface area contributed by atoms with Gasteiger partial charge in [-0.15, -0.1) is 0 Å². The van der Waals surface area contributed by atoms with E-state index in [1.165, 1.54) is 4.68 Å². The van der Waals surface area contributed by atoms with Crippen molar-refractivity contribution in [3.8, 4) is 0 Å². The van der Waals surface area contributed by atoms with Crippen LogP contribution in [-0.4, -0.2) is 33.3 Å². The molecule has 0 bridgehead atoms. The second kappa shape index (κ2) is 5.03. The molecule has 0 saturated heterocycles. The van der Waals surface area contributed by atoms with Crippen LogP contribution in [0.2, 0.25) is 0 Å². The highest BCUT2D eigenvalue weighted by molar-refractivity contribution is 5.93. The van der Waals surface area contributed by atoms with Crippen molar-refractivity contribution in [1.82, 2.24) is 15.1 Å². The first kappa shape index (κ1) is 13.6. The van der Waals surface area contributed by atoms with Gasteiger partial charge in [-0.25, -0.2) is 0 Å². The van der Waals surface area contributed by atoms with Gasteiger partial charge in [0.15, 0.2) is 0 Å². The Morgan fingerprint density at radius 2 is 2.11 bits per heavy atom. The van der Waals surface area contributed by atoms with Crippen molar-refractivity contribution < 1.29 is 14.7 Å². The fourth-order valence-corrected chi connectivity index (χ4v) is 2.68. The number of carboxylic acid groups (broad SMARTS) is 1. The highest BCUT2D eigenvalue weighted by Gasteiger charge is 2.41. The van der Waals surface area contributed by atoms with E-state index in [1.54, 1.807) is 13.1 Å². The molecule has 104 valence electrons. The predicted octanol–water partition coefficient (Wildman–Crippen LogP) is 1.10. The van der Waals surface area contributed by atoms with E-state index < -0.39 is 11.4 Å². The molecule has 0 aliphatic heterocycles. The number of hydrogen-bond acceptors (Lipinski definition) is 3. The molecule has 1 aromatic rings. The zero-order valence-corrected chi connectivity index (χ0v) is 11.3. The number of aryl methyl sites for hydroxylation is 2. The smallest absolute Gasteiger partial charge is 0.311 e. The second-order valence-electron chi connectivity index (χ2n) is 5.27. The molecule has 1 amide bonds. The number of carboxylic acids is 1. The van der Waals surface area contributed by atoms with Crippen LogP contribution in [0.15, 0.2) is 6.07 Å². The van der Waals surface area contributed by atoms with Crippen LogP contribution in [0.1, 0.15) is 41.9 Å². The lowest BCUT2D eigenvalue weighted by Crippen LogP contribution is -2.41. The van der Waals surface area contributed by atoms with Crippen LogP contribution in [0.5, 0.6) is 0 Å². The Bertz CT molecular complexity index is 501. The zero-order valence-electron chi connectivity index (χ0n) is 11.3. The normalized spacial score (nSPS) is 17.4. The molecule has 0 aromatic carbocycles. The van der Waals surface area contributed by atoms with Gasteiger partial charge in [0.05, 0.1) is 11.1 Å². The Balaban J connectivity index is 2.04. The van der Waals surface area contributed by atoms with E-state index >= 15 is 0 Å². The van der Waals surface area contributed by atoms with Crippen molar-refractivity contribution >= 4 is 11.9 Å². The third-order valence-electron chi connectivity index (χ3n) is 3.84. The summed E-state index contributed by atoms with van der Waals surface area (Å²) in [6.45, 7) is 2.00. The molecule has 2 rings (SSSR count). The molecule has 2 N–H and O–H groups in total. The number of aromatic nitrogens is 2. The van der Waals surface area contributed by atoms with Crippen LogP contribution >= 0.6 is 0 Å². The van der Waals surface area contributed by atoms with E-state index in [-0.39, 0.29) is 12.5 Å². The Kier molecular flexibility index (Phi) is 3.59. The standard InChI is InChI=1S/C13H19N3O3/c1-9-7-10(16(2)15-9)11(17)14-8-13(12(18)19)5-3-4-6-13/h7H,3-6,8H2,1-2H3,(H,14,17)(H,18,19). The third kappa shape index (κ3) is 2.62. The van der Waals surface area contributed by atoms with E-state index in [0.29, 0.717) is 18.5 Å². The fraction of sp³-hybridized carbons (Fsp3) is 0.615. The molecule has 0 spiro atoms. The van der Waals surface area contributed by atoms with Gasteiger partial charge in [0.25, 0.3) is 5.91 Å². The summed E-state index contributed by atoms with van der Waals surface area (Å²) in [5, 5.41) is 16.2. The van der Waals surface area contributed by atoms with Gasteiger partial charge in [-0.2, -0.15) is 5.10 Å². The molecule has 1 aliphatic carbocycles.